The maximum Gasteiger partial charge on any atom is 0.225 e. The number of rotatable bonds is 7. The molecule has 1 fully saturated rings. The van der Waals surface area contributed by atoms with E-state index in [-0.39, 0.29) is 5.92 Å². The average Bonchev–Trinajstić information content (AvgIpc) is 2.84. The van der Waals surface area contributed by atoms with Crippen molar-refractivity contribution in [3.05, 3.63) is 54.6 Å². The topological polar surface area (TPSA) is 49.3 Å². The van der Waals surface area contributed by atoms with Crippen molar-refractivity contribution in [1.82, 2.24) is 14.9 Å². The van der Waals surface area contributed by atoms with Crippen molar-refractivity contribution in [3.63, 3.8) is 0 Å². The Hall–Kier alpha value is -2.95. The number of para-hydroxylation sites is 2. The number of nitrogens with zero attached hydrogens (tertiary/aromatic N) is 4. The second-order valence-electron chi connectivity index (χ2n) is 8.31. The van der Waals surface area contributed by atoms with Gasteiger partial charge in [-0.2, -0.15) is 0 Å². The fourth-order valence-corrected chi connectivity index (χ4v) is 4.35. The van der Waals surface area contributed by atoms with Crippen molar-refractivity contribution >= 4 is 22.8 Å². The summed E-state index contributed by atoms with van der Waals surface area (Å²) in [6.45, 7) is 7.36. The molecule has 0 spiro atoms. The van der Waals surface area contributed by atoms with Crippen molar-refractivity contribution in [1.29, 1.82) is 0 Å². The predicted molar refractivity (Wildman–Crippen MR) is 127 cm³/mol. The largest absolute Gasteiger partial charge is 0.351 e. The van der Waals surface area contributed by atoms with Gasteiger partial charge in [0.05, 0.1) is 11.0 Å². The molecule has 1 amide bonds. The molecule has 4 rings (SSSR count). The molecule has 0 radical (unpaired) electrons. The Balaban J connectivity index is 1.57. The first-order chi connectivity index (χ1) is 15.2. The molecular formula is C26H32N4O. The summed E-state index contributed by atoms with van der Waals surface area (Å²) in [5.74, 6) is 1.39. The summed E-state index contributed by atoms with van der Waals surface area (Å²) in [6, 6.07) is 18.3. The van der Waals surface area contributed by atoms with E-state index in [1.165, 1.54) is 0 Å². The van der Waals surface area contributed by atoms with Crippen molar-refractivity contribution < 1.29 is 4.79 Å². The van der Waals surface area contributed by atoms with Crippen molar-refractivity contribution in [2.45, 2.75) is 39.5 Å². The molecule has 2 aromatic carbocycles. The molecule has 5 heteroatoms. The van der Waals surface area contributed by atoms with Gasteiger partial charge in [-0.1, -0.05) is 69.2 Å². The highest BCUT2D eigenvalue weighted by atomic mass is 16.2. The van der Waals surface area contributed by atoms with E-state index in [0.717, 1.165) is 80.0 Å². The van der Waals surface area contributed by atoms with Gasteiger partial charge in [-0.3, -0.25) is 4.79 Å². The zero-order valence-corrected chi connectivity index (χ0v) is 18.6. The molecule has 1 aliphatic rings. The van der Waals surface area contributed by atoms with E-state index < -0.39 is 0 Å². The van der Waals surface area contributed by atoms with E-state index in [1.807, 2.05) is 42.5 Å². The number of anilines is 1. The summed E-state index contributed by atoms with van der Waals surface area (Å²) in [5.41, 5.74) is 3.79. The minimum atomic E-state index is 0.159. The van der Waals surface area contributed by atoms with Gasteiger partial charge in [0, 0.05) is 37.7 Å². The number of carbonyl (C=O) groups is 1. The van der Waals surface area contributed by atoms with Crippen molar-refractivity contribution in [2.24, 2.45) is 5.92 Å². The summed E-state index contributed by atoms with van der Waals surface area (Å²) < 4.78 is 0. The second kappa shape index (κ2) is 9.90. The minimum absolute atomic E-state index is 0.159. The van der Waals surface area contributed by atoms with E-state index in [1.54, 1.807) is 0 Å². The molecule has 162 valence electrons. The van der Waals surface area contributed by atoms with Crippen LogP contribution in [-0.2, 0) is 4.79 Å². The van der Waals surface area contributed by atoms with E-state index in [4.69, 9.17) is 9.97 Å². The van der Waals surface area contributed by atoms with Gasteiger partial charge < -0.3 is 9.80 Å². The fraction of sp³-hybridized carbons (Fsp3) is 0.423. The Morgan fingerprint density at radius 3 is 2.19 bits per heavy atom. The zero-order valence-electron chi connectivity index (χ0n) is 18.6. The van der Waals surface area contributed by atoms with E-state index >= 15 is 0 Å². The number of carbonyl (C=O) groups excluding carboxylic acids is 1. The summed E-state index contributed by atoms with van der Waals surface area (Å²) in [6.07, 6.45) is 4.19. The van der Waals surface area contributed by atoms with Gasteiger partial charge in [-0.25, -0.2) is 9.97 Å². The molecule has 1 unspecified atom stereocenters. The zero-order chi connectivity index (χ0) is 21.6. The Bertz CT molecular complexity index is 1010. The summed E-state index contributed by atoms with van der Waals surface area (Å²) in [5, 5.41) is 0. The lowest BCUT2D eigenvalue weighted by Gasteiger charge is -2.37. The molecule has 31 heavy (non-hydrogen) atoms. The van der Waals surface area contributed by atoms with Gasteiger partial charge in [0.1, 0.15) is 5.69 Å². The number of benzene rings is 2. The summed E-state index contributed by atoms with van der Waals surface area (Å²) in [4.78, 5) is 27.3. The van der Waals surface area contributed by atoms with Crippen molar-refractivity contribution in [2.75, 3.05) is 31.1 Å². The average molecular weight is 417 g/mol. The van der Waals surface area contributed by atoms with Crippen LogP contribution in [0.2, 0.25) is 0 Å². The molecule has 5 nitrogen and oxygen atoms in total. The number of hydrogen-bond acceptors (Lipinski definition) is 4. The quantitative estimate of drug-likeness (QED) is 0.534. The van der Waals surface area contributed by atoms with Crippen molar-refractivity contribution in [3.8, 4) is 11.3 Å². The Kier molecular flexibility index (Phi) is 6.80. The number of unbranched alkanes of at least 4 members (excludes halogenated alkanes) is 1. The molecule has 2 heterocycles. The summed E-state index contributed by atoms with van der Waals surface area (Å²) >= 11 is 0. The Labute approximate surface area is 185 Å². The number of piperazine rings is 1. The Morgan fingerprint density at radius 1 is 0.903 bits per heavy atom. The highest BCUT2D eigenvalue weighted by molar-refractivity contribution is 5.84. The van der Waals surface area contributed by atoms with Crippen LogP contribution in [-0.4, -0.2) is 47.0 Å². The van der Waals surface area contributed by atoms with Crippen LogP contribution < -0.4 is 4.90 Å². The first-order valence-corrected chi connectivity index (χ1v) is 11.6. The number of amides is 1. The molecule has 0 bridgehead atoms. The van der Waals surface area contributed by atoms with Gasteiger partial charge in [0.25, 0.3) is 0 Å². The number of aromatic nitrogens is 2. The minimum Gasteiger partial charge on any atom is -0.351 e. The number of fused-ring (bicyclic) bond motifs is 1. The van der Waals surface area contributed by atoms with Crippen LogP contribution in [0.1, 0.15) is 39.5 Å². The van der Waals surface area contributed by atoms with Gasteiger partial charge in [0.15, 0.2) is 5.82 Å². The van der Waals surface area contributed by atoms with Crippen LogP contribution in [0.25, 0.3) is 22.3 Å². The molecule has 3 aromatic rings. The molecule has 1 atom stereocenters. The van der Waals surface area contributed by atoms with Crippen LogP contribution in [0.4, 0.5) is 5.82 Å². The molecule has 0 saturated carbocycles. The van der Waals surface area contributed by atoms with Crippen LogP contribution in [0.3, 0.4) is 0 Å². The highest BCUT2D eigenvalue weighted by Gasteiger charge is 2.28. The molecule has 1 aromatic heterocycles. The fourth-order valence-electron chi connectivity index (χ4n) is 4.35. The lowest BCUT2D eigenvalue weighted by Crippen LogP contribution is -2.50. The van der Waals surface area contributed by atoms with Gasteiger partial charge in [-0.15, -0.1) is 0 Å². The van der Waals surface area contributed by atoms with Crippen LogP contribution in [0.5, 0.6) is 0 Å². The molecule has 0 aliphatic carbocycles. The maximum absolute atomic E-state index is 13.0. The third-order valence-corrected chi connectivity index (χ3v) is 6.24. The SMILES string of the molecule is CCCCC(CC)C(=O)N1CCN(c2nc3ccccc3nc2-c2ccccc2)CC1. The smallest absolute Gasteiger partial charge is 0.225 e. The third kappa shape index (κ3) is 4.71. The normalized spacial score (nSPS) is 15.3. The molecular weight excluding hydrogens is 384 g/mol. The van der Waals surface area contributed by atoms with E-state index in [0.29, 0.717) is 5.91 Å². The summed E-state index contributed by atoms with van der Waals surface area (Å²) in [7, 11) is 0. The highest BCUT2D eigenvalue weighted by Crippen LogP contribution is 2.30. The lowest BCUT2D eigenvalue weighted by atomic mass is 9.97. The van der Waals surface area contributed by atoms with E-state index in [2.05, 4.69) is 35.8 Å². The predicted octanol–water partition coefficient (Wildman–Crippen LogP) is 5.16. The first-order valence-electron chi connectivity index (χ1n) is 11.6. The van der Waals surface area contributed by atoms with E-state index in [9.17, 15) is 4.79 Å². The lowest BCUT2D eigenvalue weighted by molar-refractivity contribution is -0.136. The van der Waals surface area contributed by atoms with Gasteiger partial charge in [-0.05, 0) is 25.0 Å². The molecule has 1 aliphatic heterocycles. The van der Waals surface area contributed by atoms with Crippen LogP contribution >= 0.6 is 0 Å². The Morgan fingerprint density at radius 2 is 1.55 bits per heavy atom. The van der Waals surface area contributed by atoms with Crippen LogP contribution in [0, 0.1) is 5.92 Å². The third-order valence-electron chi connectivity index (χ3n) is 6.24. The van der Waals surface area contributed by atoms with Gasteiger partial charge >= 0.3 is 0 Å². The van der Waals surface area contributed by atoms with Crippen LogP contribution in [0.15, 0.2) is 54.6 Å². The molecule has 1 saturated heterocycles. The first kappa shape index (κ1) is 21.3. The second-order valence-corrected chi connectivity index (χ2v) is 8.31. The number of hydrogen-bond donors (Lipinski definition) is 0. The standard InChI is InChI=1S/C26H32N4O/c1-3-5-11-20(4-2)26(31)30-18-16-29(17-19-30)25-24(21-12-7-6-8-13-21)27-22-14-9-10-15-23(22)28-25/h6-10,12-15,20H,3-5,11,16-19H2,1-2H3. The molecule has 0 N–H and O–H groups in total. The maximum atomic E-state index is 13.0. The monoisotopic (exact) mass is 416 g/mol. The van der Waals surface area contributed by atoms with Gasteiger partial charge in [0.2, 0.25) is 5.91 Å².